The molecule has 0 aliphatic carbocycles. The van der Waals surface area contributed by atoms with Gasteiger partial charge in [-0.3, -0.25) is 14.3 Å². The van der Waals surface area contributed by atoms with Crippen LogP contribution in [0.1, 0.15) is 22.8 Å². The fourth-order valence-corrected chi connectivity index (χ4v) is 2.76. The normalized spacial score (nSPS) is 10.8. The lowest BCUT2D eigenvalue weighted by Crippen LogP contribution is -2.28. The van der Waals surface area contributed by atoms with Crippen molar-refractivity contribution in [1.29, 1.82) is 0 Å². The van der Waals surface area contributed by atoms with Gasteiger partial charge in [0, 0.05) is 28.4 Å². The molecule has 0 unspecified atom stereocenters. The highest BCUT2D eigenvalue weighted by atomic mass is 79.9. The molecule has 3 aromatic rings. The Morgan fingerprint density at radius 2 is 2.17 bits per heavy atom. The molecule has 3 aromatic heterocycles. The number of carbonyl (C=O) groups excluding carboxylic acids is 1. The van der Waals surface area contributed by atoms with Crippen LogP contribution in [0.4, 0.5) is 0 Å². The van der Waals surface area contributed by atoms with Crippen molar-refractivity contribution in [3.63, 3.8) is 0 Å². The summed E-state index contributed by atoms with van der Waals surface area (Å²) in [6, 6.07) is 6.99. The lowest BCUT2D eigenvalue weighted by molar-refractivity contribution is 0.0524. The van der Waals surface area contributed by atoms with E-state index in [2.05, 4.69) is 25.9 Å². The number of rotatable bonds is 4. The summed E-state index contributed by atoms with van der Waals surface area (Å²) in [5.41, 5.74) is 0.902. The second-order valence-electron chi connectivity index (χ2n) is 5.10. The van der Waals surface area contributed by atoms with Crippen molar-refractivity contribution in [3.05, 3.63) is 68.8 Å². The average Bonchev–Trinajstić information content (AvgIpc) is 2.58. The van der Waals surface area contributed by atoms with Crippen molar-refractivity contribution in [1.82, 2.24) is 14.5 Å². The number of pyridine rings is 3. The Balaban J connectivity index is 2.22. The maximum Gasteiger partial charge on any atom is 0.343 e. The molecule has 0 saturated carbocycles. The van der Waals surface area contributed by atoms with Crippen molar-refractivity contribution >= 4 is 32.9 Å². The molecule has 7 heteroatoms. The molecule has 0 N–H and O–H groups in total. The molecule has 3 heterocycles. The third kappa shape index (κ3) is 3.21. The Morgan fingerprint density at radius 1 is 1.33 bits per heavy atom. The van der Waals surface area contributed by atoms with Crippen LogP contribution < -0.4 is 5.56 Å². The van der Waals surface area contributed by atoms with Gasteiger partial charge in [0.25, 0.3) is 5.56 Å². The second-order valence-corrected chi connectivity index (χ2v) is 6.01. The van der Waals surface area contributed by atoms with E-state index in [1.54, 1.807) is 31.6 Å². The van der Waals surface area contributed by atoms with E-state index in [9.17, 15) is 9.59 Å². The first kappa shape index (κ1) is 16.3. The zero-order chi connectivity index (χ0) is 17.1. The summed E-state index contributed by atoms with van der Waals surface area (Å²) >= 11 is 3.36. The largest absolute Gasteiger partial charge is 0.462 e. The van der Waals surface area contributed by atoms with Gasteiger partial charge in [0.15, 0.2) is 0 Å². The maximum absolute atomic E-state index is 12.8. The van der Waals surface area contributed by atoms with Crippen molar-refractivity contribution in [2.45, 2.75) is 13.5 Å². The first-order valence-electron chi connectivity index (χ1n) is 7.35. The number of hydrogen-bond donors (Lipinski definition) is 0. The molecule has 122 valence electrons. The van der Waals surface area contributed by atoms with E-state index in [1.807, 2.05) is 12.1 Å². The summed E-state index contributed by atoms with van der Waals surface area (Å²) in [6.07, 6.45) is 4.95. The van der Waals surface area contributed by atoms with Gasteiger partial charge >= 0.3 is 5.97 Å². The molecule has 0 aliphatic rings. The quantitative estimate of drug-likeness (QED) is 0.643. The van der Waals surface area contributed by atoms with Crippen LogP contribution >= 0.6 is 15.9 Å². The number of halogens is 1. The summed E-state index contributed by atoms with van der Waals surface area (Å²) in [4.78, 5) is 33.3. The Morgan fingerprint density at radius 3 is 2.88 bits per heavy atom. The zero-order valence-electron chi connectivity index (χ0n) is 12.9. The monoisotopic (exact) mass is 387 g/mol. The van der Waals surface area contributed by atoms with E-state index in [4.69, 9.17) is 4.74 Å². The first-order valence-corrected chi connectivity index (χ1v) is 8.14. The first-order chi connectivity index (χ1) is 11.6. The third-order valence-corrected chi connectivity index (χ3v) is 3.89. The Kier molecular flexibility index (Phi) is 4.71. The smallest absolute Gasteiger partial charge is 0.343 e. The Bertz CT molecular complexity index is 954. The summed E-state index contributed by atoms with van der Waals surface area (Å²) in [7, 11) is 0. The number of carbonyl (C=O) groups is 1. The summed E-state index contributed by atoms with van der Waals surface area (Å²) in [5, 5.41) is 0.677. The minimum atomic E-state index is -0.635. The Labute approximate surface area is 146 Å². The molecule has 0 atom stereocenters. The van der Waals surface area contributed by atoms with Crippen LogP contribution in [-0.2, 0) is 11.3 Å². The molecule has 0 aromatic carbocycles. The van der Waals surface area contributed by atoms with Gasteiger partial charge in [0.05, 0.1) is 13.2 Å². The minimum Gasteiger partial charge on any atom is -0.462 e. The van der Waals surface area contributed by atoms with Gasteiger partial charge in [0.2, 0.25) is 0 Å². The number of nitrogens with zero attached hydrogens (tertiary/aromatic N) is 3. The predicted molar refractivity (Wildman–Crippen MR) is 93.0 cm³/mol. The van der Waals surface area contributed by atoms with Crippen LogP contribution in [-0.4, -0.2) is 27.1 Å². The van der Waals surface area contributed by atoms with Gasteiger partial charge in [-0.2, -0.15) is 0 Å². The van der Waals surface area contributed by atoms with E-state index in [-0.39, 0.29) is 18.7 Å². The van der Waals surface area contributed by atoms with E-state index >= 15 is 0 Å². The molecule has 0 radical (unpaired) electrons. The van der Waals surface area contributed by atoms with E-state index < -0.39 is 11.5 Å². The number of fused-ring (bicyclic) bond motifs is 1. The SMILES string of the molecule is CCOC(=O)c1cc2cc(Br)cnc2n(Cc2cccnc2)c1=O. The molecular formula is C17H14BrN3O3. The van der Waals surface area contributed by atoms with Crippen LogP contribution in [0, 0.1) is 0 Å². The van der Waals surface area contributed by atoms with Gasteiger partial charge in [-0.15, -0.1) is 0 Å². The van der Waals surface area contributed by atoms with Gasteiger partial charge in [0.1, 0.15) is 11.2 Å². The lowest BCUT2D eigenvalue weighted by Gasteiger charge is -2.12. The summed E-state index contributed by atoms with van der Waals surface area (Å²) in [6.45, 7) is 2.17. The fourth-order valence-electron chi connectivity index (χ4n) is 2.41. The highest BCUT2D eigenvalue weighted by molar-refractivity contribution is 9.10. The van der Waals surface area contributed by atoms with Crippen LogP contribution in [0.5, 0.6) is 0 Å². The van der Waals surface area contributed by atoms with Gasteiger partial charge in [-0.1, -0.05) is 6.07 Å². The maximum atomic E-state index is 12.8. The van der Waals surface area contributed by atoms with E-state index in [1.165, 1.54) is 10.6 Å². The molecule has 3 rings (SSSR count). The fraction of sp³-hybridized carbons (Fsp3) is 0.176. The van der Waals surface area contributed by atoms with E-state index in [0.29, 0.717) is 11.0 Å². The van der Waals surface area contributed by atoms with Crippen LogP contribution in [0.25, 0.3) is 11.0 Å². The number of aromatic nitrogens is 3. The molecule has 0 bridgehead atoms. The summed E-state index contributed by atoms with van der Waals surface area (Å²) < 4.78 is 7.22. The zero-order valence-corrected chi connectivity index (χ0v) is 14.5. The topological polar surface area (TPSA) is 74.1 Å². The van der Waals surface area contributed by atoms with Gasteiger partial charge < -0.3 is 4.74 Å². The predicted octanol–water partition coefficient (Wildman–Crippen LogP) is 2.78. The van der Waals surface area contributed by atoms with Gasteiger partial charge in [-0.25, -0.2) is 9.78 Å². The van der Waals surface area contributed by atoms with Crippen LogP contribution in [0.2, 0.25) is 0 Å². The standard InChI is InChI=1S/C17H14BrN3O3/c1-2-24-17(23)14-7-12-6-13(18)9-20-15(12)21(16(14)22)10-11-4-3-5-19-8-11/h3-9H,2,10H2,1H3. The van der Waals surface area contributed by atoms with Crippen molar-refractivity contribution in [2.24, 2.45) is 0 Å². The lowest BCUT2D eigenvalue weighted by atomic mass is 10.2. The number of esters is 1. The molecule has 0 amide bonds. The van der Waals surface area contributed by atoms with E-state index in [0.717, 1.165) is 10.0 Å². The van der Waals surface area contributed by atoms with Crippen molar-refractivity contribution in [3.8, 4) is 0 Å². The Hall–Kier alpha value is -2.54. The second kappa shape index (κ2) is 6.92. The highest BCUT2D eigenvalue weighted by Gasteiger charge is 2.17. The highest BCUT2D eigenvalue weighted by Crippen LogP contribution is 2.18. The number of hydrogen-bond acceptors (Lipinski definition) is 5. The molecule has 0 spiro atoms. The van der Waals surface area contributed by atoms with Crippen molar-refractivity contribution < 1.29 is 9.53 Å². The summed E-state index contributed by atoms with van der Waals surface area (Å²) in [5.74, 6) is -0.635. The minimum absolute atomic E-state index is 0.00635. The van der Waals surface area contributed by atoms with Crippen molar-refractivity contribution in [2.75, 3.05) is 6.61 Å². The molecule has 0 aliphatic heterocycles. The van der Waals surface area contributed by atoms with Gasteiger partial charge in [-0.05, 0) is 46.6 Å². The van der Waals surface area contributed by atoms with Crippen LogP contribution in [0.3, 0.4) is 0 Å². The number of ether oxygens (including phenoxy) is 1. The molecule has 6 nitrogen and oxygen atoms in total. The third-order valence-electron chi connectivity index (χ3n) is 3.45. The molecule has 24 heavy (non-hydrogen) atoms. The molecule has 0 fully saturated rings. The average molecular weight is 388 g/mol. The van der Waals surface area contributed by atoms with Crippen LogP contribution in [0.15, 0.2) is 52.1 Å². The molecular weight excluding hydrogens is 374 g/mol. The molecule has 0 saturated heterocycles.